The van der Waals surface area contributed by atoms with Crippen LogP contribution in [-0.2, 0) is 14.4 Å². The molecule has 1 aliphatic heterocycles. The van der Waals surface area contributed by atoms with E-state index in [4.69, 9.17) is 5.73 Å². The lowest BCUT2D eigenvalue weighted by Gasteiger charge is -2.17. The molecule has 9 heteroatoms. The second-order valence-electron chi connectivity index (χ2n) is 6.49. The van der Waals surface area contributed by atoms with E-state index in [-0.39, 0.29) is 41.8 Å². The van der Waals surface area contributed by atoms with Gasteiger partial charge in [-0.1, -0.05) is 6.07 Å². The molecule has 1 aromatic rings. The van der Waals surface area contributed by atoms with Gasteiger partial charge in [0.25, 0.3) is 5.91 Å². The first-order valence-corrected chi connectivity index (χ1v) is 9.66. The highest BCUT2D eigenvalue weighted by Crippen LogP contribution is 2.30. The number of anilines is 1. The van der Waals surface area contributed by atoms with Crippen LogP contribution in [0.1, 0.15) is 30.6 Å². The number of imide groups is 1. The van der Waals surface area contributed by atoms with E-state index in [2.05, 4.69) is 10.6 Å². The Bertz CT molecular complexity index is 753. The van der Waals surface area contributed by atoms with Crippen molar-refractivity contribution in [3.05, 3.63) is 29.8 Å². The molecule has 0 aromatic heterocycles. The predicted molar refractivity (Wildman–Crippen MR) is 104 cm³/mol. The molecule has 2 rings (SSSR count). The fraction of sp³-hybridized carbons (Fsp3) is 0.444. The maximum absolute atomic E-state index is 12.7. The number of hydrogen-bond acceptors (Lipinski definition) is 6. The van der Waals surface area contributed by atoms with Crippen LogP contribution in [0.25, 0.3) is 0 Å². The quantitative estimate of drug-likeness (QED) is 0.573. The Kier molecular flexibility index (Phi) is 6.98. The van der Waals surface area contributed by atoms with Gasteiger partial charge in [-0.3, -0.25) is 19.2 Å². The topological polar surface area (TPSA) is 122 Å². The smallest absolute Gasteiger partial charge is 0.251 e. The molecule has 1 aromatic carbocycles. The van der Waals surface area contributed by atoms with Crippen molar-refractivity contribution in [1.29, 1.82) is 0 Å². The largest absolute Gasteiger partial charge is 0.358 e. The monoisotopic (exact) mass is 392 g/mol. The first-order valence-electron chi connectivity index (χ1n) is 8.61. The summed E-state index contributed by atoms with van der Waals surface area (Å²) in [4.78, 5) is 49.8. The number of rotatable bonds is 7. The van der Waals surface area contributed by atoms with Crippen LogP contribution in [0.15, 0.2) is 24.3 Å². The van der Waals surface area contributed by atoms with Crippen molar-refractivity contribution >= 4 is 41.1 Å². The summed E-state index contributed by atoms with van der Waals surface area (Å²) in [5.41, 5.74) is 6.47. The molecule has 146 valence electrons. The molecular weight excluding hydrogens is 368 g/mol. The molecule has 0 bridgehead atoms. The standard InChI is InChI=1S/C18H24N4O4S/c1-10(2)21-16(24)11-5-4-6-12(7-11)22-15(23)8-14(18(22)26)27-9-13(19)17(25)20-3/h4-7,10,13-14H,8-9,19H2,1-3H3,(H,20,25)(H,21,24)/t13-,14?/m0/s1. The Balaban J connectivity index is 2.11. The first kappa shape index (κ1) is 20.9. The Morgan fingerprint density at radius 2 is 2.04 bits per heavy atom. The van der Waals surface area contributed by atoms with Gasteiger partial charge in [-0.15, -0.1) is 11.8 Å². The third-order valence-electron chi connectivity index (χ3n) is 3.95. The minimum Gasteiger partial charge on any atom is -0.358 e. The minimum atomic E-state index is -0.750. The second kappa shape index (κ2) is 9.01. The molecule has 2 atom stereocenters. The van der Waals surface area contributed by atoms with Crippen molar-refractivity contribution in [1.82, 2.24) is 10.6 Å². The van der Waals surface area contributed by atoms with Crippen molar-refractivity contribution in [2.75, 3.05) is 17.7 Å². The Hall–Kier alpha value is -2.39. The van der Waals surface area contributed by atoms with Crippen molar-refractivity contribution in [2.24, 2.45) is 5.73 Å². The Morgan fingerprint density at radius 3 is 2.67 bits per heavy atom. The number of benzene rings is 1. The third kappa shape index (κ3) is 5.08. The lowest BCUT2D eigenvalue weighted by atomic mass is 10.1. The summed E-state index contributed by atoms with van der Waals surface area (Å²) in [7, 11) is 1.49. The van der Waals surface area contributed by atoms with Crippen molar-refractivity contribution < 1.29 is 19.2 Å². The van der Waals surface area contributed by atoms with Gasteiger partial charge in [0, 0.05) is 30.8 Å². The zero-order chi connectivity index (χ0) is 20.1. The second-order valence-corrected chi connectivity index (χ2v) is 7.73. The van der Waals surface area contributed by atoms with Crippen LogP contribution in [0.5, 0.6) is 0 Å². The van der Waals surface area contributed by atoms with E-state index in [9.17, 15) is 19.2 Å². The van der Waals surface area contributed by atoms with E-state index in [0.29, 0.717) is 11.3 Å². The number of likely N-dealkylation sites (N-methyl/N-ethyl adjacent to an activating group) is 1. The SMILES string of the molecule is CNC(=O)[C@@H](N)CSC1CC(=O)N(c2cccc(C(=O)NC(C)C)c2)C1=O. The fourth-order valence-electron chi connectivity index (χ4n) is 2.62. The van der Waals surface area contributed by atoms with Gasteiger partial charge in [0.1, 0.15) is 0 Å². The first-order chi connectivity index (χ1) is 12.7. The summed E-state index contributed by atoms with van der Waals surface area (Å²) >= 11 is 1.19. The van der Waals surface area contributed by atoms with Crippen LogP contribution < -0.4 is 21.3 Å². The van der Waals surface area contributed by atoms with Gasteiger partial charge in [-0.2, -0.15) is 0 Å². The van der Waals surface area contributed by atoms with E-state index in [1.165, 1.54) is 24.9 Å². The molecule has 1 fully saturated rings. The highest BCUT2D eigenvalue weighted by molar-refractivity contribution is 8.00. The maximum Gasteiger partial charge on any atom is 0.251 e. The highest BCUT2D eigenvalue weighted by Gasteiger charge is 2.40. The lowest BCUT2D eigenvalue weighted by Crippen LogP contribution is -2.41. The van der Waals surface area contributed by atoms with Crippen LogP contribution in [0.2, 0.25) is 0 Å². The summed E-state index contributed by atoms with van der Waals surface area (Å²) in [6.45, 7) is 3.70. The summed E-state index contributed by atoms with van der Waals surface area (Å²) in [5, 5.41) is 4.63. The molecular formula is C18H24N4O4S. The van der Waals surface area contributed by atoms with Gasteiger partial charge < -0.3 is 16.4 Å². The average molecular weight is 392 g/mol. The number of carbonyl (C=O) groups is 4. The van der Waals surface area contributed by atoms with Crippen LogP contribution in [-0.4, -0.2) is 53.8 Å². The van der Waals surface area contributed by atoms with Gasteiger partial charge in [-0.25, -0.2) is 4.90 Å². The third-order valence-corrected chi connectivity index (χ3v) is 5.27. The van der Waals surface area contributed by atoms with Crippen LogP contribution >= 0.6 is 11.8 Å². The van der Waals surface area contributed by atoms with E-state index in [0.717, 1.165) is 4.90 Å². The molecule has 4 amide bonds. The number of carbonyl (C=O) groups excluding carboxylic acids is 4. The van der Waals surface area contributed by atoms with Gasteiger partial charge in [0.2, 0.25) is 17.7 Å². The average Bonchev–Trinajstić information content (AvgIpc) is 2.92. The number of hydrogen-bond donors (Lipinski definition) is 3. The van der Waals surface area contributed by atoms with Gasteiger partial charge in [0.05, 0.1) is 17.0 Å². The van der Waals surface area contributed by atoms with Crippen molar-refractivity contribution in [3.63, 3.8) is 0 Å². The predicted octanol–water partition coefficient (Wildman–Crippen LogP) is 0.263. The molecule has 1 heterocycles. The molecule has 27 heavy (non-hydrogen) atoms. The molecule has 0 saturated carbocycles. The van der Waals surface area contributed by atoms with E-state index < -0.39 is 11.3 Å². The lowest BCUT2D eigenvalue weighted by molar-refractivity contribution is -0.122. The van der Waals surface area contributed by atoms with Crippen LogP contribution in [0.4, 0.5) is 5.69 Å². The molecule has 1 saturated heterocycles. The van der Waals surface area contributed by atoms with Crippen LogP contribution in [0.3, 0.4) is 0 Å². The van der Waals surface area contributed by atoms with E-state index in [1.807, 2.05) is 13.8 Å². The zero-order valence-corrected chi connectivity index (χ0v) is 16.3. The van der Waals surface area contributed by atoms with Crippen molar-refractivity contribution in [3.8, 4) is 0 Å². The maximum atomic E-state index is 12.7. The van der Waals surface area contributed by atoms with Crippen LogP contribution in [0, 0.1) is 0 Å². The molecule has 0 spiro atoms. The normalized spacial score (nSPS) is 18.0. The summed E-state index contributed by atoms with van der Waals surface area (Å²) in [6, 6.07) is 5.62. The highest BCUT2D eigenvalue weighted by atomic mass is 32.2. The van der Waals surface area contributed by atoms with Crippen molar-refractivity contribution in [2.45, 2.75) is 37.6 Å². The number of nitrogens with two attached hydrogens (primary N) is 1. The van der Waals surface area contributed by atoms with E-state index in [1.54, 1.807) is 18.2 Å². The summed E-state index contributed by atoms with van der Waals surface area (Å²) in [6.07, 6.45) is 0.0341. The summed E-state index contributed by atoms with van der Waals surface area (Å²) < 4.78 is 0. The molecule has 0 aliphatic carbocycles. The molecule has 1 aliphatic rings. The zero-order valence-electron chi connectivity index (χ0n) is 15.5. The summed E-state index contributed by atoms with van der Waals surface area (Å²) in [5.74, 6) is -1.06. The Morgan fingerprint density at radius 1 is 1.33 bits per heavy atom. The number of amides is 4. The van der Waals surface area contributed by atoms with Gasteiger partial charge >= 0.3 is 0 Å². The van der Waals surface area contributed by atoms with E-state index >= 15 is 0 Å². The molecule has 8 nitrogen and oxygen atoms in total. The Labute approximate surface area is 162 Å². The number of thioether (sulfide) groups is 1. The molecule has 4 N–H and O–H groups in total. The number of nitrogens with one attached hydrogen (secondary N) is 2. The molecule has 1 unspecified atom stereocenters. The number of nitrogens with zero attached hydrogens (tertiary/aromatic N) is 1. The minimum absolute atomic E-state index is 0.0264. The van der Waals surface area contributed by atoms with Gasteiger partial charge in [-0.05, 0) is 32.0 Å². The fourth-order valence-corrected chi connectivity index (χ4v) is 3.72. The van der Waals surface area contributed by atoms with Gasteiger partial charge in [0.15, 0.2) is 0 Å². The molecule has 0 radical (unpaired) electrons.